The molecule has 1 atom stereocenters. The highest BCUT2D eigenvalue weighted by Crippen LogP contribution is 2.26. The molecule has 1 amide bonds. The highest BCUT2D eigenvalue weighted by Gasteiger charge is 2.26. The van der Waals surface area contributed by atoms with Gasteiger partial charge in [-0.25, -0.2) is 4.39 Å². The number of Topliss-reactive ketones (excluding diaryl/α,β-unsaturated/α-hetero) is 1. The summed E-state index contributed by atoms with van der Waals surface area (Å²) in [5.41, 5.74) is 1.03. The Bertz CT molecular complexity index is 1040. The molecule has 0 radical (unpaired) electrons. The lowest BCUT2D eigenvalue weighted by Crippen LogP contribution is -2.33. The van der Waals surface area contributed by atoms with E-state index in [1.807, 2.05) is 43.5 Å². The lowest BCUT2D eigenvalue weighted by atomic mass is 10.0. The van der Waals surface area contributed by atoms with Gasteiger partial charge in [0.25, 0.3) is 5.91 Å². The fraction of sp³-hybridized carbons (Fsp3) is 0.304. The molecule has 0 aliphatic heterocycles. The zero-order chi connectivity index (χ0) is 22.4. The number of hydrogen-bond donors (Lipinski definition) is 1. The standard InChI is InChI=1S/C23H25FN4O2S/c1-4-28-21(20(15(2)3)25-22(30)17-8-6-5-7-9-17)26-27-23(28)31-14-19(29)16-10-12-18(24)13-11-16/h5-13,15,20H,4,14H2,1-3H3,(H,25,30)/t20-/m1/s1. The number of halogens is 1. The molecule has 0 spiro atoms. The second-order valence-electron chi connectivity index (χ2n) is 7.36. The second-order valence-corrected chi connectivity index (χ2v) is 8.31. The lowest BCUT2D eigenvalue weighted by Gasteiger charge is -2.22. The van der Waals surface area contributed by atoms with Gasteiger partial charge in [0, 0.05) is 17.7 Å². The highest BCUT2D eigenvalue weighted by molar-refractivity contribution is 7.99. The minimum absolute atomic E-state index is 0.0841. The van der Waals surface area contributed by atoms with E-state index in [-0.39, 0.29) is 35.2 Å². The van der Waals surface area contributed by atoms with E-state index in [4.69, 9.17) is 0 Å². The summed E-state index contributed by atoms with van der Waals surface area (Å²) in [7, 11) is 0. The van der Waals surface area contributed by atoms with Crippen LogP contribution in [0.2, 0.25) is 0 Å². The third-order valence-corrected chi connectivity index (χ3v) is 5.79. The van der Waals surface area contributed by atoms with Gasteiger partial charge in [-0.2, -0.15) is 0 Å². The van der Waals surface area contributed by atoms with Gasteiger partial charge in [-0.3, -0.25) is 9.59 Å². The third kappa shape index (κ3) is 5.58. The normalized spacial score (nSPS) is 12.0. The molecule has 3 aromatic rings. The summed E-state index contributed by atoms with van der Waals surface area (Å²) in [4.78, 5) is 25.1. The molecule has 6 nitrogen and oxygen atoms in total. The molecule has 0 saturated carbocycles. The van der Waals surface area contributed by atoms with Crippen LogP contribution < -0.4 is 5.32 Å². The fourth-order valence-electron chi connectivity index (χ4n) is 3.13. The molecule has 8 heteroatoms. The Labute approximate surface area is 185 Å². The summed E-state index contributed by atoms with van der Waals surface area (Å²) in [5.74, 6) is 0.226. The molecule has 0 unspecified atom stereocenters. The quantitative estimate of drug-likeness (QED) is 0.390. The first-order chi connectivity index (χ1) is 14.9. The van der Waals surface area contributed by atoms with E-state index in [2.05, 4.69) is 15.5 Å². The van der Waals surface area contributed by atoms with Crippen LogP contribution in [-0.2, 0) is 6.54 Å². The summed E-state index contributed by atoms with van der Waals surface area (Å²) in [5, 5.41) is 12.3. The van der Waals surface area contributed by atoms with Crippen LogP contribution in [0.4, 0.5) is 4.39 Å². The van der Waals surface area contributed by atoms with Crippen LogP contribution in [0.3, 0.4) is 0 Å². The van der Waals surface area contributed by atoms with Crippen molar-refractivity contribution in [3.8, 4) is 0 Å². The molecule has 0 aliphatic carbocycles. The Morgan fingerprint density at radius 1 is 1.03 bits per heavy atom. The molecule has 1 aromatic heterocycles. The van der Waals surface area contributed by atoms with Crippen LogP contribution in [0.1, 0.15) is 53.4 Å². The molecular weight excluding hydrogens is 415 g/mol. The molecule has 0 saturated heterocycles. The number of benzene rings is 2. The van der Waals surface area contributed by atoms with Crippen molar-refractivity contribution in [2.45, 2.75) is 38.5 Å². The van der Waals surface area contributed by atoms with Gasteiger partial charge in [0.05, 0.1) is 11.8 Å². The first-order valence-electron chi connectivity index (χ1n) is 10.1. The number of nitrogens with zero attached hydrogens (tertiary/aromatic N) is 3. The number of rotatable bonds is 9. The van der Waals surface area contributed by atoms with Gasteiger partial charge in [-0.05, 0) is 49.2 Å². The SMILES string of the molecule is CCn1c(SCC(=O)c2ccc(F)cc2)nnc1[C@H](NC(=O)c1ccccc1)C(C)C. The van der Waals surface area contributed by atoms with Crippen LogP contribution in [0, 0.1) is 11.7 Å². The zero-order valence-electron chi connectivity index (χ0n) is 17.7. The summed E-state index contributed by atoms with van der Waals surface area (Å²) in [6, 6.07) is 14.2. The minimum atomic E-state index is -0.378. The van der Waals surface area contributed by atoms with E-state index in [0.717, 1.165) is 0 Å². The van der Waals surface area contributed by atoms with Crippen molar-refractivity contribution in [3.63, 3.8) is 0 Å². The van der Waals surface area contributed by atoms with Crippen molar-refractivity contribution in [1.82, 2.24) is 20.1 Å². The summed E-state index contributed by atoms with van der Waals surface area (Å²) >= 11 is 1.28. The smallest absolute Gasteiger partial charge is 0.251 e. The molecule has 1 N–H and O–H groups in total. The Morgan fingerprint density at radius 2 is 1.71 bits per heavy atom. The molecule has 0 bridgehead atoms. The topological polar surface area (TPSA) is 76.9 Å². The van der Waals surface area contributed by atoms with Gasteiger partial charge < -0.3 is 9.88 Å². The Hall–Kier alpha value is -3.00. The number of ketones is 1. The van der Waals surface area contributed by atoms with Gasteiger partial charge in [0.2, 0.25) is 0 Å². The first kappa shape index (κ1) is 22.7. The molecular formula is C23H25FN4O2S. The van der Waals surface area contributed by atoms with E-state index in [0.29, 0.717) is 28.7 Å². The Morgan fingerprint density at radius 3 is 2.32 bits per heavy atom. The predicted molar refractivity (Wildman–Crippen MR) is 119 cm³/mol. The van der Waals surface area contributed by atoms with E-state index in [9.17, 15) is 14.0 Å². The molecule has 0 aliphatic rings. The fourth-order valence-corrected chi connectivity index (χ4v) is 4.03. The maximum absolute atomic E-state index is 13.1. The average molecular weight is 441 g/mol. The number of thioether (sulfide) groups is 1. The number of aromatic nitrogens is 3. The van der Waals surface area contributed by atoms with Crippen molar-refractivity contribution in [3.05, 3.63) is 77.4 Å². The third-order valence-electron chi connectivity index (χ3n) is 4.83. The zero-order valence-corrected chi connectivity index (χ0v) is 18.5. The van der Waals surface area contributed by atoms with Gasteiger partial charge in [-0.15, -0.1) is 10.2 Å². The average Bonchev–Trinajstić information content (AvgIpc) is 3.19. The summed E-state index contributed by atoms with van der Waals surface area (Å²) < 4.78 is 15.0. The van der Waals surface area contributed by atoms with E-state index in [1.54, 1.807) is 12.1 Å². The van der Waals surface area contributed by atoms with Gasteiger partial charge in [0.15, 0.2) is 16.8 Å². The first-order valence-corrected chi connectivity index (χ1v) is 11.1. The van der Waals surface area contributed by atoms with Crippen LogP contribution in [0.5, 0.6) is 0 Å². The van der Waals surface area contributed by atoms with Crippen LogP contribution in [-0.4, -0.2) is 32.2 Å². The monoisotopic (exact) mass is 440 g/mol. The summed E-state index contributed by atoms with van der Waals surface area (Å²) in [6.45, 7) is 6.58. The highest BCUT2D eigenvalue weighted by atomic mass is 32.2. The number of amides is 1. The molecule has 31 heavy (non-hydrogen) atoms. The molecule has 162 valence electrons. The van der Waals surface area contributed by atoms with Crippen LogP contribution in [0.25, 0.3) is 0 Å². The maximum atomic E-state index is 13.1. The number of nitrogens with one attached hydrogen (secondary N) is 1. The number of carbonyl (C=O) groups is 2. The van der Waals surface area contributed by atoms with E-state index >= 15 is 0 Å². The van der Waals surface area contributed by atoms with Crippen molar-refractivity contribution in [1.29, 1.82) is 0 Å². The van der Waals surface area contributed by atoms with Crippen LogP contribution >= 0.6 is 11.8 Å². The molecule has 3 rings (SSSR count). The van der Waals surface area contributed by atoms with E-state index < -0.39 is 0 Å². The van der Waals surface area contributed by atoms with Gasteiger partial charge in [0.1, 0.15) is 5.82 Å². The van der Waals surface area contributed by atoms with Crippen LogP contribution in [0.15, 0.2) is 59.8 Å². The Kier molecular flexibility index (Phi) is 7.57. The summed E-state index contributed by atoms with van der Waals surface area (Å²) in [6.07, 6.45) is 0. The largest absolute Gasteiger partial charge is 0.342 e. The minimum Gasteiger partial charge on any atom is -0.342 e. The van der Waals surface area contributed by atoms with Crippen molar-refractivity contribution >= 4 is 23.5 Å². The van der Waals surface area contributed by atoms with E-state index in [1.165, 1.54) is 36.0 Å². The Balaban J connectivity index is 1.75. The molecule has 2 aromatic carbocycles. The predicted octanol–water partition coefficient (Wildman–Crippen LogP) is 4.54. The lowest BCUT2D eigenvalue weighted by molar-refractivity contribution is 0.0921. The maximum Gasteiger partial charge on any atom is 0.251 e. The van der Waals surface area contributed by atoms with Gasteiger partial charge in [-0.1, -0.05) is 43.8 Å². The van der Waals surface area contributed by atoms with Crippen molar-refractivity contribution in [2.75, 3.05) is 5.75 Å². The van der Waals surface area contributed by atoms with Crippen molar-refractivity contribution in [2.24, 2.45) is 5.92 Å². The second kappa shape index (κ2) is 10.3. The number of carbonyl (C=O) groups excluding carboxylic acids is 2. The van der Waals surface area contributed by atoms with Gasteiger partial charge >= 0.3 is 0 Å². The number of hydrogen-bond acceptors (Lipinski definition) is 5. The molecule has 0 fully saturated rings. The molecule has 1 heterocycles. The van der Waals surface area contributed by atoms with Crippen molar-refractivity contribution < 1.29 is 14.0 Å².